The second-order valence-electron chi connectivity index (χ2n) is 5.09. The van der Waals surface area contributed by atoms with Crippen LogP contribution in [-0.2, 0) is 10.1 Å². The van der Waals surface area contributed by atoms with Gasteiger partial charge in [-0.25, -0.2) is 9.97 Å². The van der Waals surface area contributed by atoms with Gasteiger partial charge in [-0.2, -0.15) is 13.7 Å². The number of rotatable bonds is 4. The lowest BCUT2D eigenvalue weighted by atomic mass is 10.0. The molecule has 2 N–H and O–H groups in total. The Morgan fingerprint density at radius 1 is 1.28 bits per heavy atom. The standard InChI is InChI=1S/C16H12N4O3S2/c1-25(21,22)23-15-13(9-17)12(10-2-4-11(18)5-3-10)8-14(20-15)16-19-6-7-24-16/h2-8H,18H2,1H3. The minimum atomic E-state index is -3.85. The summed E-state index contributed by atoms with van der Waals surface area (Å²) in [7, 11) is -3.85. The zero-order valence-electron chi connectivity index (χ0n) is 13.0. The highest BCUT2D eigenvalue weighted by Gasteiger charge is 2.20. The first-order valence-corrected chi connectivity index (χ1v) is 9.67. The molecule has 25 heavy (non-hydrogen) atoms. The Bertz CT molecular complexity index is 1050. The first-order valence-electron chi connectivity index (χ1n) is 6.98. The largest absolute Gasteiger partial charge is 0.399 e. The van der Waals surface area contributed by atoms with Gasteiger partial charge in [-0.3, -0.25) is 0 Å². The molecule has 1 aromatic carbocycles. The van der Waals surface area contributed by atoms with Crippen LogP contribution < -0.4 is 9.92 Å². The third kappa shape index (κ3) is 3.76. The summed E-state index contributed by atoms with van der Waals surface area (Å²) >= 11 is 1.34. The van der Waals surface area contributed by atoms with E-state index >= 15 is 0 Å². The second kappa shape index (κ2) is 6.51. The van der Waals surface area contributed by atoms with Gasteiger partial charge in [0.15, 0.2) is 0 Å². The molecule has 0 amide bonds. The molecule has 7 nitrogen and oxygen atoms in total. The van der Waals surface area contributed by atoms with E-state index in [2.05, 4.69) is 9.97 Å². The van der Waals surface area contributed by atoms with Crippen molar-refractivity contribution < 1.29 is 12.6 Å². The predicted octanol–water partition coefficient (Wildman–Crippen LogP) is 2.66. The summed E-state index contributed by atoms with van der Waals surface area (Å²) < 4.78 is 28.1. The summed E-state index contributed by atoms with van der Waals surface area (Å²) in [4.78, 5) is 8.35. The molecule has 9 heteroatoms. The molecule has 0 saturated heterocycles. The lowest BCUT2D eigenvalue weighted by Crippen LogP contribution is -2.09. The zero-order chi connectivity index (χ0) is 18.0. The maximum Gasteiger partial charge on any atom is 0.307 e. The molecular weight excluding hydrogens is 360 g/mol. The first kappa shape index (κ1) is 16.9. The van der Waals surface area contributed by atoms with E-state index in [1.54, 1.807) is 41.9 Å². The maximum atomic E-state index is 11.6. The molecule has 0 aliphatic rings. The number of nitrogens with zero attached hydrogens (tertiary/aromatic N) is 3. The minimum Gasteiger partial charge on any atom is -0.399 e. The minimum absolute atomic E-state index is 0.0236. The van der Waals surface area contributed by atoms with Gasteiger partial charge in [0, 0.05) is 22.8 Å². The van der Waals surface area contributed by atoms with Gasteiger partial charge in [-0.15, -0.1) is 11.3 Å². The lowest BCUT2D eigenvalue weighted by Gasteiger charge is -2.11. The number of aromatic nitrogens is 2. The first-order chi connectivity index (χ1) is 11.9. The normalized spacial score (nSPS) is 11.0. The van der Waals surface area contributed by atoms with Gasteiger partial charge >= 0.3 is 10.1 Å². The van der Waals surface area contributed by atoms with E-state index in [-0.39, 0.29) is 11.4 Å². The molecule has 0 aliphatic carbocycles. The molecule has 0 saturated carbocycles. The fraction of sp³-hybridized carbons (Fsp3) is 0.0625. The summed E-state index contributed by atoms with van der Waals surface area (Å²) in [6, 6.07) is 10.5. The van der Waals surface area contributed by atoms with Gasteiger partial charge in [0.05, 0.1) is 6.26 Å². The van der Waals surface area contributed by atoms with E-state index < -0.39 is 10.1 Å². The quantitative estimate of drug-likeness (QED) is 0.552. The predicted molar refractivity (Wildman–Crippen MR) is 95.4 cm³/mol. The number of hydrogen-bond donors (Lipinski definition) is 1. The fourth-order valence-electron chi connectivity index (χ4n) is 2.18. The number of hydrogen-bond acceptors (Lipinski definition) is 8. The monoisotopic (exact) mass is 372 g/mol. The van der Waals surface area contributed by atoms with E-state index in [0.717, 1.165) is 6.26 Å². The van der Waals surface area contributed by atoms with Crippen LogP contribution in [-0.4, -0.2) is 24.6 Å². The maximum absolute atomic E-state index is 11.6. The third-order valence-electron chi connectivity index (χ3n) is 3.20. The van der Waals surface area contributed by atoms with Gasteiger partial charge in [-0.05, 0) is 23.8 Å². The second-order valence-corrected chi connectivity index (χ2v) is 7.56. The summed E-state index contributed by atoms with van der Waals surface area (Å²) in [6.07, 6.45) is 2.51. The molecule has 0 spiro atoms. The zero-order valence-corrected chi connectivity index (χ0v) is 14.6. The van der Waals surface area contributed by atoms with Crippen LogP contribution in [0.25, 0.3) is 21.8 Å². The van der Waals surface area contributed by atoms with Crippen molar-refractivity contribution in [1.29, 1.82) is 5.26 Å². The Morgan fingerprint density at radius 3 is 2.56 bits per heavy atom. The highest BCUT2D eigenvalue weighted by Crippen LogP contribution is 2.34. The van der Waals surface area contributed by atoms with Crippen LogP contribution in [0.5, 0.6) is 5.88 Å². The van der Waals surface area contributed by atoms with Crippen LogP contribution in [0.1, 0.15) is 5.56 Å². The molecule has 3 rings (SSSR count). The number of nitrogens with two attached hydrogens (primary N) is 1. The van der Waals surface area contributed by atoms with Crippen LogP contribution in [0, 0.1) is 11.3 Å². The highest BCUT2D eigenvalue weighted by atomic mass is 32.2. The van der Waals surface area contributed by atoms with Gasteiger partial charge in [-0.1, -0.05) is 12.1 Å². The Kier molecular flexibility index (Phi) is 4.39. The van der Waals surface area contributed by atoms with Crippen LogP contribution >= 0.6 is 11.3 Å². The number of nitriles is 1. The van der Waals surface area contributed by atoms with Crippen molar-refractivity contribution in [2.75, 3.05) is 12.0 Å². The highest BCUT2D eigenvalue weighted by molar-refractivity contribution is 7.86. The molecule has 2 heterocycles. The van der Waals surface area contributed by atoms with Crippen molar-refractivity contribution in [3.63, 3.8) is 0 Å². The van der Waals surface area contributed by atoms with Crippen molar-refractivity contribution in [3.05, 3.63) is 47.5 Å². The SMILES string of the molecule is CS(=O)(=O)Oc1nc(-c2nccs2)cc(-c2ccc(N)cc2)c1C#N. The number of benzene rings is 1. The summed E-state index contributed by atoms with van der Waals surface area (Å²) in [5.41, 5.74) is 7.89. The van der Waals surface area contributed by atoms with Crippen LogP contribution in [0.3, 0.4) is 0 Å². The van der Waals surface area contributed by atoms with Crippen LogP contribution in [0.4, 0.5) is 5.69 Å². The molecule has 0 fully saturated rings. The number of pyridine rings is 1. The molecule has 0 bridgehead atoms. The fourth-order valence-corrected chi connectivity index (χ4v) is 3.19. The van der Waals surface area contributed by atoms with Gasteiger partial charge in [0.25, 0.3) is 5.88 Å². The topological polar surface area (TPSA) is 119 Å². The summed E-state index contributed by atoms with van der Waals surface area (Å²) in [5.74, 6) is -0.274. The number of thiazole rings is 1. The average molecular weight is 372 g/mol. The van der Waals surface area contributed by atoms with Gasteiger partial charge < -0.3 is 9.92 Å². The summed E-state index contributed by atoms with van der Waals surface area (Å²) in [6.45, 7) is 0. The van der Waals surface area contributed by atoms with Crippen molar-refractivity contribution in [3.8, 4) is 33.8 Å². The van der Waals surface area contributed by atoms with E-state index in [1.165, 1.54) is 11.3 Å². The van der Waals surface area contributed by atoms with E-state index in [9.17, 15) is 13.7 Å². The Hall–Kier alpha value is -2.96. The van der Waals surface area contributed by atoms with Crippen molar-refractivity contribution in [1.82, 2.24) is 9.97 Å². The molecule has 0 aliphatic heterocycles. The molecule has 0 radical (unpaired) electrons. The van der Waals surface area contributed by atoms with E-state index in [0.29, 0.717) is 27.5 Å². The van der Waals surface area contributed by atoms with Crippen LogP contribution in [0.2, 0.25) is 0 Å². The smallest absolute Gasteiger partial charge is 0.307 e. The summed E-state index contributed by atoms with van der Waals surface area (Å²) in [5, 5.41) is 11.9. The molecular formula is C16H12N4O3S2. The van der Waals surface area contributed by atoms with Gasteiger partial charge in [0.2, 0.25) is 0 Å². The Morgan fingerprint density at radius 2 is 2.00 bits per heavy atom. The molecule has 0 atom stereocenters. The Balaban J connectivity index is 2.28. The van der Waals surface area contributed by atoms with E-state index in [4.69, 9.17) is 9.92 Å². The number of nitrogen functional groups attached to an aromatic ring is 1. The lowest BCUT2D eigenvalue weighted by molar-refractivity contribution is 0.482. The molecule has 2 aromatic heterocycles. The van der Waals surface area contributed by atoms with Crippen molar-refractivity contribution in [2.24, 2.45) is 0 Å². The van der Waals surface area contributed by atoms with Crippen molar-refractivity contribution >= 4 is 27.1 Å². The molecule has 0 unspecified atom stereocenters. The Labute approximate surface area is 148 Å². The van der Waals surface area contributed by atoms with Crippen molar-refractivity contribution in [2.45, 2.75) is 0 Å². The van der Waals surface area contributed by atoms with Gasteiger partial charge in [0.1, 0.15) is 22.3 Å². The number of anilines is 1. The molecule has 126 valence electrons. The van der Waals surface area contributed by atoms with E-state index in [1.807, 2.05) is 6.07 Å². The molecule has 3 aromatic rings. The average Bonchev–Trinajstić information content (AvgIpc) is 3.08. The third-order valence-corrected chi connectivity index (χ3v) is 4.46. The van der Waals surface area contributed by atoms with Crippen LogP contribution in [0.15, 0.2) is 41.9 Å².